The number of ether oxygens (including phenoxy) is 1. The summed E-state index contributed by atoms with van der Waals surface area (Å²) in [5.41, 5.74) is 6.18. The van der Waals surface area contributed by atoms with Crippen LogP contribution in [0.3, 0.4) is 0 Å². The van der Waals surface area contributed by atoms with Gasteiger partial charge in [0.15, 0.2) is 10.9 Å². The van der Waals surface area contributed by atoms with Crippen molar-refractivity contribution in [3.05, 3.63) is 34.9 Å². The molecule has 13 heteroatoms. The van der Waals surface area contributed by atoms with Crippen LogP contribution < -0.4 is 20.7 Å². The monoisotopic (exact) mass is 629 g/mol. The lowest BCUT2D eigenvalue weighted by Crippen LogP contribution is -2.43. The number of nitrogens with two attached hydrogens (primary N) is 1. The van der Waals surface area contributed by atoms with Crippen molar-refractivity contribution in [2.24, 2.45) is 0 Å². The van der Waals surface area contributed by atoms with E-state index in [0.717, 1.165) is 56.5 Å². The lowest BCUT2D eigenvalue weighted by molar-refractivity contribution is 0.107. The number of nitrogen functional groups attached to an aromatic ring is 1. The fraction of sp³-hybridized carbons (Fsp3) is 0.500. The summed E-state index contributed by atoms with van der Waals surface area (Å²) in [5, 5.41) is 4.46. The van der Waals surface area contributed by atoms with Gasteiger partial charge >= 0.3 is 6.01 Å². The maximum Gasteiger partial charge on any atom is 0.319 e. The van der Waals surface area contributed by atoms with Gasteiger partial charge in [-0.25, -0.2) is 18.2 Å². The Kier molecular flexibility index (Phi) is 6.63. The summed E-state index contributed by atoms with van der Waals surface area (Å²) in [6.45, 7) is 2.91. The Balaban J connectivity index is 1.26. The van der Waals surface area contributed by atoms with E-state index < -0.39 is 23.3 Å². The third-order valence-electron chi connectivity index (χ3n) is 9.68. The summed E-state index contributed by atoms with van der Waals surface area (Å²) in [6.07, 6.45) is 4.45. The number of benzene rings is 2. The van der Waals surface area contributed by atoms with Crippen LogP contribution in [0.15, 0.2) is 18.2 Å². The van der Waals surface area contributed by atoms with Gasteiger partial charge in [0, 0.05) is 54.7 Å². The third kappa shape index (κ3) is 4.60. The zero-order valence-electron chi connectivity index (χ0n) is 23.4. The highest BCUT2D eigenvalue weighted by Crippen LogP contribution is 2.44. The number of thiazole rings is 1. The van der Waals surface area contributed by atoms with Gasteiger partial charge in [0.05, 0.1) is 20.8 Å². The Bertz CT molecular complexity index is 1760. The summed E-state index contributed by atoms with van der Waals surface area (Å²) in [5.74, 6) is -0.605. The van der Waals surface area contributed by atoms with Gasteiger partial charge in [-0.3, -0.25) is 4.90 Å². The van der Waals surface area contributed by atoms with Crippen molar-refractivity contribution in [2.75, 3.05) is 43.4 Å². The van der Waals surface area contributed by atoms with E-state index in [4.69, 9.17) is 27.1 Å². The average molecular weight is 630 g/mol. The molecule has 6 heterocycles. The number of anilines is 2. The number of alkyl halides is 1. The fourth-order valence-electron chi connectivity index (χ4n) is 7.69. The van der Waals surface area contributed by atoms with Crippen molar-refractivity contribution in [2.45, 2.75) is 62.3 Å². The van der Waals surface area contributed by atoms with Gasteiger partial charge in [0.1, 0.15) is 29.9 Å². The van der Waals surface area contributed by atoms with Crippen LogP contribution in [-0.4, -0.2) is 76.4 Å². The lowest BCUT2D eigenvalue weighted by atomic mass is 9.95. The second kappa shape index (κ2) is 10.3. The lowest BCUT2D eigenvalue weighted by Gasteiger charge is -2.31. The molecule has 226 valence electrons. The minimum Gasteiger partial charge on any atom is -0.461 e. The number of nitrogens with zero attached hydrogens (tertiary/aromatic N) is 5. The normalized spacial score (nSPS) is 27.3. The first-order valence-electron chi connectivity index (χ1n) is 14.9. The number of aromatic nitrogens is 3. The molecule has 0 amide bonds. The molecule has 2 aromatic heterocycles. The van der Waals surface area contributed by atoms with Gasteiger partial charge < -0.3 is 20.7 Å². The first-order chi connectivity index (χ1) is 20.8. The first-order valence-corrected chi connectivity index (χ1v) is 16.0. The molecular weight excluding hydrogens is 599 g/mol. The molecule has 4 saturated heterocycles. The topological polar surface area (TPSA) is 92.4 Å². The Morgan fingerprint density at radius 2 is 1.95 bits per heavy atom. The maximum atomic E-state index is 16.7. The highest BCUT2D eigenvalue weighted by atomic mass is 35.5. The standard InChI is InChI=1S/C30H31ClF3N7OS/c31-20-10-19-24(23(34)22(20)18-4-5-21(33)26-25(18)37-28(35)43-26)38-29(42-14-30-7-1-8-41(30)12-15(32)11-30)39-27(19)40-9-6-16-2-3-17(13-40)36-16/h4-5,10,15-17,36H,1-3,6-9,11-14H2,(H2,35,37)/t15-,16?,17?,30+/m1/s1. The van der Waals surface area contributed by atoms with E-state index in [2.05, 4.69) is 25.1 Å². The largest absolute Gasteiger partial charge is 0.461 e. The minimum absolute atomic E-state index is 0.0442. The quantitative estimate of drug-likeness (QED) is 0.290. The number of nitrogens with one attached hydrogen (secondary N) is 1. The molecule has 2 unspecified atom stereocenters. The van der Waals surface area contributed by atoms with Crippen molar-refractivity contribution in [3.63, 3.8) is 0 Å². The zero-order valence-corrected chi connectivity index (χ0v) is 25.0. The van der Waals surface area contributed by atoms with Crippen LogP contribution in [0.25, 0.3) is 32.2 Å². The van der Waals surface area contributed by atoms with Gasteiger partial charge in [-0.1, -0.05) is 22.9 Å². The number of hydrogen-bond acceptors (Lipinski definition) is 9. The average Bonchev–Trinajstić information content (AvgIpc) is 3.71. The summed E-state index contributed by atoms with van der Waals surface area (Å²) in [7, 11) is 0. The van der Waals surface area contributed by atoms with Crippen LogP contribution in [0.5, 0.6) is 6.01 Å². The number of fused-ring (bicyclic) bond motifs is 5. The molecule has 4 atom stereocenters. The van der Waals surface area contributed by atoms with Crippen molar-refractivity contribution < 1.29 is 17.9 Å². The molecule has 43 heavy (non-hydrogen) atoms. The summed E-state index contributed by atoms with van der Waals surface area (Å²) >= 11 is 7.81. The second-order valence-electron chi connectivity index (χ2n) is 12.3. The molecule has 3 N–H and O–H groups in total. The summed E-state index contributed by atoms with van der Waals surface area (Å²) < 4.78 is 52.3. The van der Waals surface area contributed by atoms with Gasteiger partial charge in [0.25, 0.3) is 0 Å². The fourth-order valence-corrected chi connectivity index (χ4v) is 8.75. The van der Waals surface area contributed by atoms with Crippen LogP contribution in [0.4, 0.5) is 24.1 Å². The second-order valence-corrected chi connectivity index (χ2v) is 13.8. The van der Waals surface area contributed by atoms with E-state index in [0.29, 0.717) is 48.4 Å². The summed E-state index contributed by atoms with van der Waals surface area (Å²) in [4.78, 5) is 18.0. The molecule has 4 aliphatic heterocycles. The van der Waals surface area contributed by atoms with Crippen molar-refractivity contribution >= 4 is 55.0 Å². The van der Waals surface area contributed by atoms with Crippen LogP contribution in [0, 0.1) is 11.6 Å². The molecular formula is C30H31ClF3N7OS. The van der Waals surface area contributed by atoms with E-state index in [1.54, 1.807) is 6.07 Å². The minimum atomic E-state index is -0.897. The molecule has 8 rings (SSSR count). The van der Waals surface area contributed by atoms with Gasteiger partial charge in [-0.15, -0.1) is 0 Å². The predicted molar refractivity (Wildman–Crippen MR) is 163 cm³/mol. The van der Waals surface area contributed by atoms with Gasteiger partial charge in [0.2, 0.25) is 0 Å². The van der Waals surface area contributed by atoms with E-state index in [1.165, 1.54) is 12.1 Å². The Morgan fingerprint density at radius 3 is 2.84 bits per heavy atom. The number of rotatable bonds is 5. The third-order valence-corrected chi connectivity index (χ3v) is 10.9. The van der Waals surface area contributed by atoms with Gasteiger partial charge in [-0.2, -0.15) is 9.97 Å². The number of hydrogen-bond donors (Lipinski definition) is 2. The van der Waals surface area contributed by atoms with E-state index >= 15 is 4.39 Å². The van der Waals surface area contributed by atoms with Gasteiger partial charge in [-0.05, 0) is 56.8 Å². The molecule has 4 aliphatic rings. The molecule has 4 fully saturated rings. The Hall–Kier alpha value is -2.93. The van der Waals surface area contributed by atoms with Crippen molar-refractivity contribution in [3.8, 4) is 17.1 Å². The smallest absolute Gasteiger partial charge is 0.319 e. The Labute approximate surface area is 255 Å². The van der Waals surface area contributed by atoms with Crippen LogP contribution >= 0.6 is 22.9 Å². The van der Waals surface area contributed by atoms with E-state index in [1.807, 2.05) is 0 Å². The predicted octanol–water partition coefficient (Wildman–Crippen LogP) is 5.71. The summed E-state index contributed by atoms with van der Waals surface area (Å²) in [6, 6.07) is 5.20. The van der Waals surface area contributed by atoms with Crippen molar-refractivity contribution in [1.82, 2.24) is 25.2 Å². The maximum absolute atomic E-state index is 16.7. The molecule has 8 nitrogen and oxygen atoms in total. The molecule has 0 radical (unpaired) electrons. The van der Waals surface area contributed by atoms with Crippen molar-refractivity contribution in [1.29, 1.82) is 0 Å². The zero-order chi connectivity index (χ0) is 29.5. The van der Waals surface area contributed by atoms with E-state index in [-0.39, 0.29) is 44.1 Å². The highest BCUT2D eigenvalue weighted by molar-refractivity contribution is 7.22. The first kappa shape index (κ1) is 27.6. The van der Waals surface area contributed by atoms with Crippen LogP contribution in [0.2, 0.25) is 5.02 Å². The number of halogens is 4. The van der Waals surface area contributed by atoms with Crippen LogP contribution in [0.1, 0.15) is 38.5 Å². The molecule has 0 saturated carbocycles. The molecule has 4 aromatic rings. The molecule has 0 aliphatic carbocycles. The molecule has 2 aromatic carbocycles. The SMILES string of the molecule is Nc1nc2c(-c3c(Cl)cc4c(N5CCC6CCC(C5)N6)nc(OC[C@@]56CCCN5C[C@H](F)C6)nc4c3F)ccc(F)c2s1. The molecule has 2 bridgehead atoms. The highest BCUT2D eigenvalue weighted by Gasteiger charge is 2.49. The van der Waals surface area contributed by atoms with Crippen LogP contribution in [-0.2, 0) is 0 Å². The Morgan fingerprint density at radius 1 is 1.09 bits per heavy atom. The van der Waals surface area contributed by atoms with E-state index in [9.17, 15) is 8.78 Å². The molecule has 0 spiro atoms.